The van der Waals surface area contributed by atoms with Crippen LogP contribution in [0.3, 0.4) is 0 Å². The van der Waals surface area contributed by atoms with Gasteiger partial charge in [-0.05, 0) is 29.9 Å². The summed E-state index contributed by atoms with van der Waals surface area (Å²) in [5, 5.41) is 7.82. The monoisotopic (exact) mass is 292 g/mol. The highest BCUT2D eigenvalue weighted by Gasteiger charge is 2.36. The van der Waals surface area contributed by atoms with Gasteiger partial charge in [0, 0.05) is 24.7 Å². The summed E-state index contributed by atoms with van der Waals surface area (Å²) in [5.74, 6) is 0.682. The van der Waals surface area contributed by atoms with Crippen molar-refractivity contribution in [2.75, 3.05) is 6.54 Å². The van der Waals surface area contributed by atoms with Crippen LogP contribution in [0.5, 0.6) is 0 Å². The molecule has 2 aliphatic heterocycles. The molecule has 4 unspecified atom stereocenters. The highest BCUT2D eigenvalue weighted by Crippen LogP contribution is 2.37. The van der Waals surface area contributed by atoms with Gasteiger partial charge in [0.05, 0.1) is 0 Å². The normalized spacial score (nSPS) is 31.5. The summed E-state index contributed by atoms with van der Waals surface area (Å²) in [7, 11) is 0. The molecule has 2 aromatic rings. The van der Waals surface area contributed by atoms with E-state index in [9.17, 15) is 0 Å². The average molecular weight is 292 g/mol. The molecule has 2 bridgehead atoms. The standard InChI is InChI=1S/C20H24N2/c1-3-8-15(9-4-1)19-17-12-7-13-18(21-14-17)20(22-19)16-10-5-2-6-11-16/h1-6,8-11,17-22H,7,12-14H2. The maximum absolute atomic E-state index is 3.99. The number of hydrogen-bond donors (Lipinski definition) is 2. The van der Waals surface area contributed by atoms with Gasteiger partial charge >= 0.3 is 0 Å². The molecule has 0 spiro atoms. The largest absolute Gasteiger partial charge is 0.312 e. The van der Waals surface area contributed by atoms with E-state index in [2.05, 4.69) is 71.3 Å². The third-order valence-corrected chi connectivity index (χ3v) is 5.28. The lowest BCUT2D eigenvalue weighted by Gasteiger charge is -2.33. The Balaban J connectivity index is 1.70. The van der Waals surface area contributed by atoms with Crippen LogP contribution >= 0.6 is 0 Å². The molecule has 2 heteroatoms. The smallest absolute Gasteiger partial charge is 0.0480 e. The summed E-state index contributed by atoms with van der Waals surface area (Å²) in [6.07, 6.45) is 3.92. The van der Waals surface area contributed by atoms with E-state index < -0.39 is 0 Å². The van der Waals surface area contributed by atoms with Crippen LogP contribution in [0.1, 0.15) is 42.5 Å². The van der Waals surface area contributed by atoms with Crippen molar-refractivity contribution in [3.8, 4) is 0 Å². The minimum atomic E-state index is 0.400. The molecular formula is C20H24N2. The molecule has 2 heterocycles. The van der Waals surface area contributed by atoms with Crippen LogP contribution in [0, 0.1) is 5.92 Å². The minimum Gasteiger partial charge on any atom is -0.312 e. The van der Waals surface area contributed by atoms with Gasteiger partial charge < -0.3 is 10.6 Å². The number of benzene rings is 2. The molecular weight excluding hydrogens is 268 g/mol. The first kappa shape index (κ1) is 14.0. The van der Waals surface area contributed by atoms with Gasteiger partial charge in [0.2, 0.25) is 0 Å². The van der Waals surface area contributed by atoms with Gasteiger partial charge in [-0.1, -0.05) is 67.1 Å². The second-order valence-corrected chi connectivity index (χ2v) is 6.65. The molecule has 0 saturated carbocycles. The van der Waals surface area contributed by atoms with E-state index in [1.807, 2.05) is 0 Å². The van der Waals surface area contributed by atoms with Crippen molar-refractivity contribution in [2.45, 2.75) is 37.4 Å². The van der Waals surface area contributed by atoms with Crippen LogP contribution in [-0.4, -0.2) is 12.6 Å². The van der Waals surface area contributed by atoms with Gasteiger partial charge in [0.1, 0.15) is 0 Å². The molecule has 2 fully saturated rings. The SMILES string of the molecule is c1ccc(C2NC(c3ccccc3)C3CCCC2CN3)cc1. The minimum absolute atomic E-state index is 0.400. The predicted octanol–water partition coefficient (Wildman–Crippen LogP) is 3.83. The third-order valence-electron chi connectivity index (χ3n) is 5.28. The maximum Gasteiger partial charge on any atom is 0.0480 e. The fraction of sp³-hybridized carbons (Fsp3) is 0.400. The van der Waals surface area contributed by atoms with E-state index in [0.717, 1.165) is 6.54 Å². The zero-order valence-corrected chi connectivity index (χ0v) is 12.9. The van der Waals surface area contributed by atoms with E-state index in [1.54, 1.807) is 0 Å². The summed E-state index contributed by atoms with van der Waals surface area (Å²) < 4.78 is 0. The Morgan fingerprint density at radius 1 is 0.727 bits per heavy atom. The molecule has 4 atom stereocenters. The summed E-state index contributed by atoms with van der Waals surface area (Å²) in [6.45, 7) is 1.13. The number of fused-ring (bicyclic) bond motifs is 3. The maximum atomic E-state index is 3.99. The van der Waals surface area contributed by atoms with Gasteiger partial charge in [-0.15, -0.1) is 0 Å². The van der Waals surface area contributed by atoms with Crippen LogP contribution in [0.4, 0.5) is 0 Å². The van der Waals surface area contributed by atoms with Crippen molar-refractivity contribution in [3.05, 3.63) is 71.8 Å². The highest BCUT2D eigenvalue weighted by molar-refractivity contribution is 5.26. The van der Waals surface area contributed by atoms with Crippen LogP contribution < -0.4 is 10.6 Å². The Labute approximate surface area is 132 Å². The number of rotatable bonds is 2. The lowest BCUT2D eigenvalue weighted by molar-refractivity contribution is 0.300. The molecule has 2 saturated heterocycles. The zero-order chi connectivity index (χ0) is 14.8. The van der Waals surface area contributed by atoms with Crippen molar-refractivity contribution in [1.29, 1.82) is 0 Å². The second-order valence-electron chi connectivity index (χ2n) is 6.65. The van der Waals surface area contributed by atoms with E-state index in [-0.39, 0.29) is 0 Å². The quantitative estimate of drug-likeness (QED) is 0.879. The topological polar surface area (TPSA) is 24.1 Å². The molecule has 2 aliphatic rings. The van der Waals surface area contributed by atoms with Crippen LogP contribution in [0.25, 0.3) is 0 Å². The lowest BCUT2D eigenvalue weighted by Crippen LogP contribution is -2.39. The average Bonchev–Trinajstić information content (AvgIpc) is 2.91. The van der Waals surface area contributed by atoms with Crippen molar-refractivity contribution in [3.63, 3.8) is 0 Å². The molecule has 22 heavy (non-hydrogen) atoms. The van der Waals surface area contributed by atoms with E-state index in [4.69, 9.17) is 0 Å². The number of nitrogens with one attached hydrogen (secondary N) is 2. The molecule has 0 amide bonds. The Hall–Kier alpha value is -1.64. The summed E-state index contributed by atoms with van der Waals surface area (Å²) in [4.78, 5) is 0. The predicted molar refractivity (Wildman–Crippen MR) is 90.6 cm³/mol. The first-order chi connectivity index (χ1) is 10.9. The second kappa shape index (κ2) is 6.23. The van der Waals surface area contributed by atoms with Crippen molar-refractivity contribution in [2.24, 2.45) is 5.92 Å². The van der Waals surface area contributed by atoms with Crippen LogP contribution in [-0.2, 0) is 0 Å². The molecule has 2 N–H and O–H groups in total. The first-order valence-corrected chi connectivity index (χ1v) is 8.51. The Kier molecular flexibility index (Phi) is 3.96. The lowest BCUT2D eigenvalue weighted by atomic mass is 9.85. The van der Waals surface area contributed by atoms with Gasteiger partial charge in [0.15, 0.2) is 0 Å². The fourth-order valence-electron chi connectivity index (χ4n) is 4.14. The van der Waals surface area contributed by atoms with Gasteiger partial charge in [-0.25, -0.2) is 0 Å². The molecule has 0 aliphatic carbocycles. The molecule has 4 rings (SSSR count). The van der Waals surface area contributed by atoms with Crippen molar-refractivity contribution >= 4 is 0 Å². The molecule has 2 aromatic carbocycles. The van der Waals surface area contributed by atoms with Crippen molar-refractivity contribution in [1.82, 2.24) is 10.6 Å². The third kappa shape index (κ3) is 2.69. The molecule has 0 radical (unpaired) electrons. The first-order valence-electron chi connectivity index (χ1n) is 8.51. The molecule has 2 nitrogen and oxygen atoms in total. The summed E-state index contributed by atoms with van der Waals surface area (Å²) >= 11 is 0. The summed E-state index contributed by atoms with van der Waals surface area (Å²) in [5.41, 5.74) is 2.83. The summed E-state index contributed by atoms with van der Waals surface area (Å²) in [6, 6.07) is 23.3. The molecule has 0 aromatic heterocycles. The Morgan fingerprint density at radius 3 is 2.05 bits per heavy atom. The van der Waals surface area contributed by atoms with Gasteiger partial charge in [0.25, 0.3) is 0 Å². The van der Waals surface area contributed by atoms with E-state index in [0.29, 0.717) is 24.0 Å². The number of hydrogen-bond acceptors (Lipinski definition) is 2. The van der Waals surface area contributed by atoms with E-state index >= 15 is 0 Å². The Bertz CT molecular complexity index is 542. The zero-order valence-electron chi connectivity index (χ0n) is 12.9. The Morgan fingerprint density at radius 2 is 1.36 bits per heavy atom. The van der Waals surface area contributed by atoms with Crippen molar-refractivity contribution < 1.29 is 0 Å². The van der Waals surface area contributed by atoms with Crippen LogP contribution in [0.15, 0.2) is 60.7 Å². The highest BCUT2D eigenvalue weighted by atomic mass is 15.1. The fourth-order valence-corrected chi connectivity index (χ4v) is 4.14. The van der Waals surface area contributed by atoms with Crippen LogP contribution in [0.2, 0.25) is 0 Å². The van der Waals surface area contributed by atoms with Gasteiger partial charge in [-0.3, -0.25) is 0 Å². The van der Waals surface area contributed by atoms with Gasteiger partial charge in [-0.2, -0.15) is 0 Å². The van der Waals surface area contributed by atoms with E-state index in [1.165, 1.54) is 30.4 Å². The molecule has 114 valence electrons.